The lowest BCUT2D eigenvalue weighted by Crippen LogP contribution is -2.49. The average Bonchev–Trinajstić information content (AvgIpc) is 3.06. The number of carbonyl (C=O) groups excluding carboxylic acids is 2. The van der Waals surface area contributed by atoms with Crippen molar-refractivity contribution in [1.82, 2.24) is 4.31 Å². The molecule has 2 aromatic rings. The summed E-state index contributed by atoms with van der Waals surface area (Å²) >= 11 is 0. The number of hydrogen-bond acceptors (Lipinski definition) is 4. The molecule has 1 atom stereocenters. The van der Waals surface area contributed by atoms with Gasteiger partial charge in [0.25, 0.3) is 15.9 Å². The maximum Gasteiger partial charge on any atom is 0.267 e. The van der Waals surface area contributed by atoms with E-state index in [2.05, 4.69) is 0 Å². The highest BCUT2D eigenvalue weighted by molar-refractivity contribution is 7.89. The second-order valence-corrected chi connectivity index (χ2v) is 8.30. The standard InChI is InChI=1S/C20H22N2O4S/c1-3-21(16-7-5-4-6-8-16)20(24)18-13-14-19(23)22(18)27(25,26)17-11-9-15(2)10-12-17/h4-12,18H,3,13-14H2,1-2H3. The largest absolute Gasteiger partial charge is 0.311 e. The van der Waals surface area contributed by atoms with Gasteiger partial charge in [0.2, 0.25) is 5.91 Å². The first-order valence-electron chi connectivity index (χ1n) is 8.86. The van der Waals surface area contributed by atoms with E-state index < -0.39 is 22.0 Å². The Labute approximate surface area is 159 Å². The zero-order valence-corrected chi connectivity index (χ0v) is 16.1. The molecule has 0 saturated carbocycles. The second-order valence-electron chi connectivity index (χ2n) is 6.48. The summed E-state index contributed by atoms with van der Waals surface area (Å²) < 4.78 is 26.9. The molecule has 1 aliphatic rings. The number of para-hydroxylation sites is 1. The lowest BCUT2D eigenvalue weighted by atomic mass is 10.2. The zero-order chi connectivity index (χ0) is 19.6. The molecule has 0 spiro atoms. The fraction of sp³-hybridized carbons (Fsp3) is 0.300. The van der Waals surface area contributed by atoms with Gasteiger partial charge in [-0.05, 0) is 44.5 Å². The molecule has 0 bridgehead atoms. The van der Waals surface area contributed by atoms with E-state index in [-0.39, 0.29) is 23.6 Å². The normalized spacial score (nSPS) is 17.2. The fourth-order valence-electron chi connectivity index (χ4n) is 3.26. The van der Waals surface area contributed by atoms with Crippen LogP contribution in [0.3, 0.4) is 0 Å². The van der Waals surface area contributed by atoms with Gasteiger partial charge in [0, 0.05) is 18.7 Å². The summed E-state index contributed by atoms with van der Waals surface area (Å²) in [6.07, 6.45) is 0.222. The minimum absolute atomic E-state index is 0.0175. The molecule has 1 saturated heterocycles. The van der Waals surface area contributed by atoms with Crippen LogP contribution in [0, 0.1) is 6.92 Å². The number of hydrogen-bond donors (Lipinski definition) is 0. The van der Waals surface area contributed by atoms with Gasteiger partial charge < -0.3 is 4.90 Å². The minimum atomic E-state index is -4.09. The zero-order valence-electron chi connectivity index (χ0n) is 15.3. The van der Waals surface area contributed by atoms with Crippen LogP contribution in [0.1, 0.15) is 25.3 Å². The summed E-state index contributed by atoms with van der Waals surface area (Å²) in [4.78, 5) is 27.1. The Kier molecular flexibility index (Phi) is 5.32. The van der Waals surface area contributed by atoms with E-state index >= 15 is 0 Å². The van der Waals surface area contributed by atoms with Crippen LogP contribution in [-0.2, 0) is 19.6 Å². The molecule has 1 heterocycles. The van der Waals surface area contributed by atoms with Crippen molar-refractivity contribution in [1.29, 1.82) is 0 Å². The molecule has 3 rings (SSSR count). The molecular weight excluding hydrogens is 364 g/mol. The van der Waals surface area contributed by atoms with Crippen molar-refractivity contribution in [3.05, 3.63) is 60.2 Å². The van der Waals surface area contributed by atoms with Crippen LogP contribution in [0.15, 0.2) is 59.5 Å². The Morgan fingerprint density at radius 3 is 2.33 bits per heavy atom. The van der Waals surface area contributed by atoms with Crippen molar-refractivity contribution in [2.24, 2.45) is 0 Å². The Morgan fingerprint density at radius 1 is 1.11 bits per heavy atom. The van der Waals surface area contributed by atoms with E-state index in [9.17, 15) is 18.0 Å². The SMILES string of the molecule is CCN(C(=O)C1CCC(=O)N1S(=O)(=O)c1ccc(C)cc1)c1ccccc1. The monoisotopic (exact) mass is 386 g/mol. The first-order valence-corrected chi connectivity index (χ1v) is 10.3. The van der Waals surface area contributed by atoms with Crippen molar-refractivity contribution in [3.63, 3.8) is 0 Å². The highest BCUT2D eigenvalue weighted by Gasteiger charge is 2.45. The third-order valence-electron chi connectivity index (χ3n) is 4.67. The van der Waals surface area contributed by atoms with Crippen molar-refractivity contribution >= 4 is 27.5 Å². The van der Waals surface area contributed by atoms with Gasteiger partial charge in [-0.2, -0.15) is 0 Å². The van der Waals surface area contributed by atoms with Gasteiger partial charge in [-0.15, -0.1) is 0 Å². The third kappa shape index (κ3) is 3.60. The second kappa shape index (κ2) is 7.52. The van der Waals surface area contributed by atoms with Gasteiger partial charge in [-0.25, -0.2) is 12.7 Å². The Bertz CT molecular complexity index is 940. The molecule has 27 heavy (non-hydrogen) atoms. The van der Waals surface area contributed by atoms with E-state index in [0.717, 1.165) is 9.87 Å². The first-order chi connectivity index (χ1) is 12.9. The van der Waals surface area contributed by atoms with Gasteiger partial charge in [0.15, 0.2) is 0 Å². The molecule has 0 N–H and O–H groups in total. The quantitative estimate of drug-likeness (QED) is 0.792. The van der Waals surface area contributed by atoms with E-state index in [4.69, 9.17) is 0 Å². The van der Waals surface area contributed by atoms with E-state index in [1.807, 2.05) is 32.0 Å². The summed E-state index contributed by atoms with van der Waals surface area (Å²) in [6.45, 7) is 4.05. The Balaban J connectivity index is 1.96. The minimum Gasteiger partial charge on any atom is -0.311 e. The molecule has 2 amide bonds. The maximum absolute atomic E-state index is 13.1. The van der Waals surface area contributed by atoms with E-state index in [1.54, 1.807) is 24.3 Å². The van der Waals surface area contributed by atoms with Gasteiger partial charge in [-0.1, -0.05) is 35.9 Å². The number of anilines is 1. The number of rotatable bonds is 5. The molecule has 1 unspecified atom stereocenters. The van der Waals surface area contributed by atoms with E-state index in [0.29, 0.717) is 12.2 Å². The van der Waals surface area contributed by atoms with Crippen molar-refractivity contribution in [3.8, 4) is 0 Å². The number of nitrogens with zero attached hydrogens (tertiary/aromatic N) is 2. The van der Waals surface area contributed by atoms with Crippen molar-refractivity contribution in [2.75, 3.05) is 11.4 Å². The van der Waals surface area contributed by atoms with Crippen LogP contribution in [-0.4, -0.2) is 37.1 Å². The van der Waals surface area contributed by atoms with Crippen LogP contribution in [0.4, 0.5) is 5.69 Å². The van der Waals surface area contributed by atoms with Gasteiger partial charge >= 0.3 is 0 Å². The lowest BCUT2D eigenvalue weighted by Gasteiger charge is -2.29. The van der Waals surface area contributed by atoms with Crippen LogP contribution >= 0.6 is 0 Å². The molecule has 0 aromatic heterocycles. The average molecular weight is 386 g/mol. The van der Waals surface area contributed by atoms with Crippen LogP contribution in [0.2, 0.25) is 0 Å². The molecule has 1 fully saturated rings. The summed E-state index contributed by atoms with van der Waals surface area (Å²) in [6, 6.07) is 14.3. The summed E-state index contributed by atoms with van der Waals surface area (Å²) in [7, 11) is -4.09. The molecular formula is C20H22N2O4S. The van der Waals surface area contributed by atoms with Gasteiger partial charge in [0.05, 0.1) is 4.90 Å². The number of likely N-dealkylation sites (N-methyl/N-ethyl adjacent to an activating group) is 1. The summed E-state index contributed by atoms with van der Waals surface area (Å²) in [5.74, 6) is -0.928. The predicted octanol–water partition coefficient (Wildman–Crippen LogP) is 2.73. The smallest absolute Gasteiger partial charge is 0.267 e. The topological polar surface area (TPSA) is 74.8 Å². The van der Waals surface area contributed by atoms with E-state index in [1.165, 1.54) is 17.0 Å². The summed E-state index contributed by atoms with van der Waals surface area (Å²) in [5.41, 5.74) is 1.59. The fourth-order valence-corrected chi connectivity index (χ4v) is 4.86. The lowest BCUT2D eigenvalue weighted by molar-refractivity contribution is -0.129. The molecule has 6 nitrogen and oxygen atoms in total. The van der Waals surface area contributed by atoms with Crippen molar-refractivity contribution in [2.45, 2.75) is 37.6 Å². The molecule has 0 aliphatic carbocycles. The first kappa shape index (κ1) is 19.1. The van der Waals surface area contributed by atoms with Crippen molar-refractivity contribution < 1.29 is 18.0 Å². The Hall–Kier alpha value is -2.67. The number of sulfonamides is 1. The number of benzene rings is 2. The van der Waals surface area contributed by atoms with Gasteiger partial charge in [0.1, 0.15) is 6.04 Å². The highest BCUT2D eigenvalue weighted by Crippen LogP contribution is 2.29. The summed E-state index contributed by atoms with van der Waals surface area (Å²) in [5, 5.41) is 0. The maximum atomic E-state index is 13.1. The molecule has 142 valence electrons. The predicted molar refractivity (Wildman–Crippen MR) is 103 cm³/mol. The molecule has 1 aliphatic heterocycles. The van der Waals surface area contributed by atoms with Crippen LogP contribution in [0.5, 0.6) is 0 Å². The third-order valence-corrected chi connectivity index (χ3v) is 6.52. The van der Waals surface area contributed by atoms with Crippen LogP contribution < -0.4 is 4.90 Å². The highest BCUT2D eigenvalue weighted by atomic mass is 32.2. The molecule has 2 aromatic carbocycles. The van der Waals surface area contributed by atoms with Gasteiger partial charge in [-0.3, -0.25) is 9.59 Å². The number of carbonyl (C=O) groups is 2. The Morgan fingerprint density at radius 2 is 1.74 bits per heavy atom. The molecule has 0 radical (unpaired) electrons. The molecule has 7 heteroatoms. The van der Waals surface area contributed by atoms with Crippen LogP contribution in [0.25, 0.3) is 0 Å². The number of amides is 2. The number of aryl methyl sites for hydroxylation is 1.